The summed E-state index contributed by atoms with van der Waals surface area (Å²) in [4.78, 5) is 0.161. The molecule has 0 amide bonds. The molecule has 5 nitrogen and oxygen atoms in total. The fourth-order valence-electron chi connectivity index (χ4n) is 1.99. The highest BCUT2D eigenvalue weighted by molar-refractivity contribution is 7.90. The van der Waals surface area contributed by atoms with Gasteiger partial charge in [-0.05, 0) is 31.0 Å². The summed E-state index contributed by atoms with van der Waals surface area (Å²) in [7, 11) is -3.29. The van der Waals surface area contributed by atoms with Gasteiger partial charge in [-0.3, -0.25) is 0 Å². The number of rotatable bonds is 7. The molecule has 21 heavy (non-hydrogen) atoms. The predicted octanol–water partition coefficient (Wildman–Crippen LogP) is 1.11. The zero-order valence-electron chi connectivity index (χ0n) is 12.0. The first kappa shape index (κ1) is 18.4. The second-order valence-electron chi connectivity index (χ2n) is 5.21. The average molecular weight is 337 g/mol. The molecule has 0 radical (unpaired) electrons. The van der Waals surface area contributed by atoms with Crippen LogP contribution < -0.4 is 0 Å². The molecule has 7 heteroatoms. The maximum Gasteiger partial charge on any atom is 0.175 e. The van der Waals surface area contributed by atoms with Crippen molar-refractivity contribution in [3.8, 4) is 0 Å². The molecule has 0 aromatic heterocycles. The van der Waals surface area contributed by atoms with Crippen LogP contribution in [-0.4, -0.2) is 48.1 Å². The van der Waals surface area contributed by atoms with Gasteiger partial charge in [0.25, 0.3) is 0 Å². The third-order valence-corrected chi connectivity index (χ3v) is 4.82. The van der Waals surface area contributed by atoms with Crippen LogP contribution in [0.3, 0.4) is 0 Å². The standard InChI is InChI=1S/C14H21ClO5S/c1-9(15)13(17)7-11(8-16)14(18)10-3-5-12(6-4-10)21(2,19)20/h3-6,9,11,13-14,16-18H,7-8H2,1-2H3/t9?,11-,13+,14-/m1/s1. The van der Waals surface area contributed by atoms with E-state index in [2.05, 4.69) is 0 Å². The minimum atomic E-state index is -3.29. The van der Waals surface area contributed by atoms with Gasteiger partial charge in [-0.25, -0.2) is 8.42 Å². The first-order chi connectivity index (χ1) is 9.66. The van der Waals surface area contributed by atoms with E-state index in [9.17, 15) is 23.7 Å². The number of hydrogen-bond acceptors (Lipinski definition) is 5. The van der Waals surface area contributed by atoms with Gasteiger partial charge in [0.05, 0.1) is 22.5 Å². The quantitative estimate of drug-likeness (QED) is 0.648. The summed E-state index contributed by atoms with van der Waals surface area (Å²) in [5.74, 6) is -0.578. The van der Waals surface area contributed by atoms with Crippen molar-refractivity contribution < 1.29 is 23.7 Å². The second kappa shape index (κ2) is 7.56. The minimum absolute atomic E-state index is 0.149. The van der Waals surface area contributed by atoms with Crippen molar-refractivity contribution in [2.24, 2.45) is 5.92 Å². The molecule has 0 bridgehead atoms. The van der Waals surface area contributed by atoms with Gasteiger partial charge in [0, 0.05) is 18.8 Å². The van der Waals surface area contributed by atoms with Crippen molar-refractivity contribution in [1.29, 1.82) is 0 Å². The van der Waals surface area contributed by atoms with Crippen molar-refractivity contribution in [2.75, 3.05) is 12.9 Å². The molecule has 120 valence electrons. The molecule has 0 spiro atoms. The maximum atomic E-state index is 11.4. The van der Waals surface area contributed by atoms with Crippen LogP contribution in [0.25, 0.3) is 0 Å². The molecule has 1 rings (SSSR count). The lowest BCUT2D eigenvalue weighted by molar-refractivity contribution is 0.0293. The molecule has 0 aliphatic heterocycles. The largest absolute Gasteiger partial charge is 0.396 e. The Morgan fingerprint density at radius 1 is 1.19 bits per heavy atom. The van der Waals surface area contributed by atoms with E-state index in [0.29, 0.717) is 5.56 Å². The Balaban J connectivity index is 2.88. The Morgan fingerprint density at radius 2 is 1.71 bits per heavy atom. The zero-order chi connectivity index (χ0) is 16.2. The molecule has 3 N–H and O–H groups in total. The fourth-order valence-corrected chi connectivity index (χ4v) is 2.72. The van der Waals surface area contributed by atoms with E-state index < -0.39 is 33.3 Å². The Bertz CT molecular complexity index is 541. The molecule has 0 saturated carbocycles. The Labute approximate surface area is 130 Å². The Morgan fingerprint density at radius 3 is 2.10 bits per heavy atom. The van der Waals surface area contributed by atoms with Crippen LogP contribution in [0.5, 0.6) is 0 Å². The lowest BCUT2D eigenvalue weighted by atomic mass is 9.90. The summed E-state index contributed by atoms with van der Waals surface area (Å²) in [6, 6.07) is 5.81. The molecule has 0 aliphatic carbocycles. The lowest BCUT2D eigenvalue weighted by Gasteiger charge is -2.24. The summed E-state index contributed by atoms with van der Waals surface area (Å²) in [6.07, 6.45) is -0.592. The van der Waals surface area contributed by atoms with E-state index >= 15 is 0 Å². The van der Waals surface area contributed by atoms with Crippen molar-refractivity contribution in [3.05, 3.63) is 29.8 Å². The van der Waals surface area contributed by atoms with Crippen molar-refractivity contribution in [1.82, 2.24) is 0 Å². The normalized spacial score (nSPS) is 18.0. The van der Waals surface area contributed by atoms with Gasteiger partial charge in [0.15, 0.2) is 9.84 Å². The van der Waals surface area contributed by atoms with Gasteiger partial charge >= 0.3 is 0 Å². The van der Waals surface area contributed by atoms with Crippen LogP contribution >= 0.6 is 11.6 Å². The highest BCUT2D eigenvalue weighted by Gasteiger charge is 2.25. The maximum absolute atomic E-state index is 11.4. The molecular weight excluding hydrogens is 316 g/mol. The van der Waals surface area contributed by atoms with Gasteiger partial charge < -0.3 is 15.3 Å². The highest BCUT2D eigenvalue weighted by atomic mass is 35.5. The van der Waals surface area contributed by atoms with Crippen LogP contribution in [0, 0.1) is 5.92 Å². The first-order valence-corrected chi connectivity index (χ1v) is 8.90. The number of aliphatic hydroxyl groups is 3. The third kappa shape index (κ3) is 5.23. The number of alkyl halides is 1. The molecule has 4 atom stereocenters. The Kier molecular flexibility index (Phi) is 6.62. The molecule has 0 fully saturated rings. The summed E-state index contributed by atoms with van der Waals surface area (Å²) in [6.45, 7) is 1.32. The average Bonchev–Trinajstić information content (AvgIpc) is 2.42. The number of halogens is 1. The van der Waals surface area contributed by atoms with Crippen LogP contribution in [0.4, 0.5) is 0 Å². The van der Waals surface area contributed by atoms with Gasteiger partial charge in [-0.15, -0.1) is 11.6 Å². The van der Waals surface area contributed by atoms with Crippen LogP contribution in [0.15, 0.2) is 29.2 Å². The number of aliphatic hydroxyl groups excluding tert-OH is 3. The smallest absolute Gasteiger partial charge is 0.175 e. The molecule has 0 heterocycles. The number of hydrogen-bond donors (Lipinski definition) is 3. The van der Waals surface area contributed by atoms with Crippen LogP contribution in [-0.2, 0) is 9.84 Å². The summed E-state index contributed by atoms with van der Waals surface area (Å²) in [5, 5.41) is 28.9. The molecular formula is C14H21ClO5S. The van der Waals surface area contributed by atoms with E-state index in [1.54, 1.807) is 6.92 Å². The SMILES string of the molecule is CC(Cl)[C@@H](O)C[C@H](CO)[C@H](O)c1ccc(S(C)(=O)=O)cc1. The number of sulfone groups is 1. The summed E-state index contributed by atoms with van der Waals surface area (Å²) in [5.41, 5.74) is 0.482. The van der Waals surface area contributed by atoms with E-state index in [0.717, 1.165) is 6.26 Å². The van der Waals surface area contributed by atoms with E-state index in [1.807, 2.05) is 0 Å². The van der Waals surface area contributed by atoms with Gasteiger partial charge in [0.1, 0.15) is 0 Å². The van der Waals surface area contributed by atoms with Crippen LogP contribution in [0.1, 0.15) is 25.0 Å². The van der Waals surface area contributed by atoms with Gasteiger partial charge in [0.2, 0.25) is 0 Å². The van der Waals surface area contributed by atoms with E-state index in [1.165, 1.54) is 24.3 Å². The molecule has 0 aliphatic rings. The summed E-state index contributed by atoms with van der Waals surface area (Å²) >= 11 is 5.77. The Hall–Kier alpha value is -0.660. The molecule has 1 unspecified atom stereocenters. The zero-order valence-corrected chi connectivity index (χ0v) is 13.5. The number of benzene rings is 1. The third-order valence-electron chi connectivity index (χ3n) is 3.41. The van der Waals surface area contributed by atoms with E-state index in [4.69, 9.17) is 11.6 Å². The molecule has 1 aromatic rings. The van der Waals surface area contributed by atoms with Crippen LogP contribution in [0.2, 0.25) is 0 Å². The molecule has 0 saturated heterocycles. The first-order valence-electron chi connectivity index (χ1n) is 6.58. The predicted molar refractivity (Wildman–Crippen MR) is 81.0 cm³/mol. The van der Waals surface area contributed by atoms with Crippen molar-refractivity contribution >= 4 is 21.4 Å². The van der Waals surface area contributed by atoms with Gasteiger partial charge in [-0.2, -0.15) is 0 Å². The monoisotopic (exact) mass is 336 g/mol. The van der Waals surface area contributed by atoms with Crippen molar-refractivity contribution in [3.63, 3.8) is 0 Å². The van der Waals surface area contributed by atoms with Gasteiger partial charge in [-0.1, -0.05) is 12.1 Å². The molecule has 1 aromatic carbocycles. The fraction of sp³-hybridized carbons (Fsp3) is 0.571. The second-order valence-corrected chi connectivity index (χ2v) is 7.91. The van der Waals surface area contributed by atoms with E-state index in [-0.39, 0.29) is 17.9 Å². The minimum Gasteiger partial charge on any atom is -0.396 e. The topological polar surface area (TPSA) is 94.8 Å². The van der Waals surface area contributed by atoms with Crippen molar-refractivity contribution in [2.45, 2.75) is 35.8 Å². The summed E-state index contributed by atoms with van der Waals surface area (Å²) < 4.78 is 22.7. The lowest BCUT2D eigenvalue weighted by Crippen LogP contribution is -2.27. The highest BCUT2D eigenvalue weighted by Crippen LogP contribution is 2.27.